The lowest BCUT2D eigenvalue weighted by Gasteiger charge is -2.28. The van der Waals surface area contributed by atoms with Crippen LogP contribution in [0.25, 0.3) is 5.20 Å². The Kier molecular flexibility index (Phi) is 4.07. The molecule has 1 nitrogen and oxygen atoms in total. The highest BCUT2D eigenvalue weighted by atomic mass is 28.4. The molecule has 0 amide bonds. The van der Waals surface area contributed by atoms with Crippen molar-refractivity contribution >= 4 is 22.6 Å². The predicted octanol–water partition coefficient (Wildman–Crippen LogP) is 3.44. The summed E-state index contributed by atoms with van der Waals surface area (Å²) in [4.78, 5) is 0. The van der Waals surface area contributed by atoms with Crippen molar-refractivity contribution in [2.24, 2.45) is 0 Å². The molecule has 1 rings (SSSR count). The molecular formula is C12H20OSi2. The normalized spacial score (nSPS) is 11.8. The van der Waals surface area contributed by atoms with Gasteiger partial charge >= 0.3 is 0 Å². The zero-order chi connectivity index (χ0) is 11.5. The minimum Gasteiger partial charge on any atom is -0.455 e. The second-order valence-electron chi connectivity index (χ2n) is 4.52. The van der Waals surface area contributed by atoms with Crippen molar-refractivity contribution in [2.45, 2.75) is 26.2 Å². The van der Waals surface area contributed by atoms with E-state index in [4.69, 9.17) is 4.12 Å². The van der Waals surface area contributed by atoms with Crippen molar-refractivity contribution < 1.29 is 4.12 Å². The van der Waals surface area contributed by atoms with Crippen molar-refractivity contribution in [3.05, 3.63) is 42.5 Å². The maximum Gasteiger partial charge on any atom is 0.205 e. The smallest absolute Gasteiger partial charge is 0.205 e. The first-order chi connectivity index (χ1) is 6.93. The molecule has 0 saturated carbocycles. The highest BCUT2D eigenvalue weighted by Crippen LogP contribution is 2.25. The van der Waals surface area contributed by atoms with Crippen LogP contribution in [0.4, 0.5) is 0 Å². The summed E-state index contributed by atoms with van der Waals surface area (Å²) in [6.07, 6.45) is 0. The van der Waals surface area contributed by atoms with Crippen molar-refractivity contribution in [3.63, 3.8) is 0 Å². The van der Waals surface area contributed by atoms with Gasteiger partial charge in [-0.15, -0.1) is 0 Å². The summed E-state index contributed by atoms with van der Waals surface area (Å²) < 4.78 is 6.13. The molecule has 0 fully saturated rings. The summed E-state index contributed by atoms with van der Waals surface area (Å²) in [5, 5.41) is 1.20. The molecule has 0 saturated heterocycles. The van der Waals surface area contributed by atoms with Crippen LogP contribution in [0.5, 0.6) is 0 Å². The van der Waals surface area contributed by atoms with Crippen molar-refractivity contribution in [1.82, 2.24) is 0 Å². The van der Waals surface area contributed by atoms with E-state index in [2.05, 4.69) is 57.0 Å². The Morgan fingerprint density at radius 3 is 2.20 bits per heavy atom. The number of rotatable bonds is 4. The first-order valence-electron chi connectivity index (χ1n) is 5.36. The maximum absolute atomic E-state index is 6.13. The molecule has 0 aliphatic heterocycles. The fourth-order valence-electron chi connectivity index (χ4n) is 1.65. The van der Waals surface area contributed by atoms with E-state index in [0.29, 0.717) is 0 Å². The zero-order valence-electron chi connectivity index (χ0n) is 10.1. The minimum absolute atomic E-state index is 0.974. The Labute approximate surface area is 95.7 Å². The molecule has 1 aromatic carbocycles. The van der Waals surface area contributed by atoms with Gasteiger partial charge in [0.25, 0.3) is 0 Å². The number of benzene rings is 1. The monoisotopic (exact) mass is 236 g/mol. The standard InChI is InChI=1S/C12H20OSi2/c1-11(12-9-7-6-8-10-12)15(4,5)13-14(2)3/h6-10,14H,1H2,2-5H3. The summed E-state index contributed by atoms with van der Waals surface area (Å²) in [5.74, 6) is 0. The first-order valence-corrected chi connectivity index (χ1v) is 11.0. The fourth-order valence-corrected chi connectivity index (χ4v) is 7.79. The summed E-state index contributed by atoms with van der Waals surface area (Å²) >= 11 is 0. The Morgan fingerprint density at radius 1 is 1.20 bits per heavy atom. The van der Waals surface area contributed by atoms with E-state index in [1.54, 1.807) is 0 Å². The average Bonchev–Trinajstić information content (AvgIpc) is 2.16. The molecule has 0 bridgehead atoms. The molecule has 0 heterocycles. The summed E-state index contributed by atoms with van der Waals surface area (Å²) in [7, 11) is -2.72. The number of hydrogen-bond acceptors (Lipinski definition) is 1. The van der Waals surface area contributed by atoms with Gasteiger partial charge in [-0.3, -0.25) is 0 Å². The Hall–Kier alpha value is -0.646. The van der Waals surface area contributed by atoms with Gasteiger partial charge in [-0.1, -0.05) is 36.9 Å². The van der Waals surface area contributed by atoms with Crippen LogP contribution in [-0.4, -0.2) is 17.4 Å². The molecule has 0 aromatic heterocycles. The minimum atomic E-state index is -1.74. The Balaban J connectivity index is 2.85. The molecule has 0 spiro atoms. The van der Waals surface area contributed by atoms with Gasteiger partial charge in [0.2, 0.25) is 8.32 Å². The Bertz CT molecular complexity index is 331. The van der Waals surface area contributed by atoms with Crippen LogP contribution in [0.15, 0.2) is 36.9 Å². The lowest BCUT2D eigenvalue weighted by atomic mass is 10.2. The highest BCUT2D eigenvalue weighted by Gasteiger charge is 2.28. The largest absolute Gasteiger partial charge is 0.455 e. The number of hydrogen-bond donors (Lipinski definition) is 0. The molecule has 0 atom stereocenters. The molecule has 82 valence electrons. The molecule has 15 heavy (non-hydrogen) atoms. The van der Waals surface area contributed by atoms with E-state index in [1.165, 1.54) is 10.8 Å². The van der Waals surface area contributed by atoms with Gasteiger partial charge < -0.3 is 4.12 Å². The highest BCUT2D eigenvalue weighted by molar-refractivity contribution is 6.92. The summed E-state index contributed by atoms with van der Waals surface area (Å²) in [5.41, 5.74) is 1.23. The third-order valence-corrected chi connectivity index (χ3v) is 8.36. The van der Waals surface area contributed by atoms with Crippen LogP contribution in [0.1, 0.15) is 5.56 Å². The van der Waals surface area contributed by atoms with E-state index in [-0.39, 0.29) is 0 Å². The third-order valence-electron chi connectivity index (χ3n) is 2.38. The average molecular weight is 236 g/mol. The molecule has 3 heteroatoms. The molecule has 0 unspecified atom stereocenters. The van der Waals surface area contributed by atoms with Crippen LogP contribution in [0.2, 0.25) is 26.2 Å². The second-order valence-corrected chi connectivity index (χ2v) is 11.2. The third kappa shape index (κ3) is 3.44. The lowest BCUT2D eigenvalue weighted by Crippen LogP contribution is -2.36. The van der Waals surface area contributed by atoms with E-state index < -0.39 is 17.4 Å². The van der Waals surface area contributed by atoms with Gasteiger partial charge in [-0.2, -0.15) is 0 Å². The van der Waals surface area contributed by atoms with Crippen LogP contribution in [0.3, 0.4) is 0 Å². The van der Waals surface area contributed by atoms with Gasteiger partial charge in [0.1, 0.15) is 0 Å². The van der Waals surface area contributed by atoms with Crippen LogP contribution in [0, 0.1) is 0 Å². The first kappa shape index (κ1) is 12.4. The molecule has 0 N–H and O–H groups in total. The Morgan fingerprint density at radius 2 is 1.73 bits per heavy atom. The second kappa shape index (κ2) is 4.92. The van der Waals surface area contributed by atoms with Crippen molar-refractivity contribution in [1.29, 1.82) is 0 Å². The lowest BCUT2D eigenvalue weighted by molar-refractivity contribution is 0.592. The fraction of sp³-hybridized carbons (Fsp3) is 0.333. The molecule has 0 radical (unpaired) electrons. The predicted molar refractivity (Wildman–Crippen MR) is 72.9 cm³/mol. The van der Waals surface area contributed by atoms with Crippen LogP contribution in [-0.2, 0) is 4.12 Å². The maximum atomic E-state index is 6.13. The van der Waals surface area contributed by atoms with E-state index in [1.807, 2.05) is 6.07 Å². The quantitative estimate of drug-likeness (QED) is 0.728. The van der Waals surface area contributed by atoms with E-state index in [0.717, 1.165) is 0 Å². The van der Waals surface area contributed by atoms with Gasteiger partial charge in [0.15, 0.2) is 9.04 Å². The van der Waals surface area contributed by atoms with Gasteiger partial charge in [0.05, 0.1) is 0 Å². The molecular weight excluding hydrogens is 216 g/mol. The van der Waals surface area contributed by atoms with Crippen molar-refractivity contribution in [2.75, 3.05) is 0 Å². The molecule has 1 aromatic rings. The van der Waals surface area contributed by atoms with Crippen molar-refractivity contribution in [3.8, 4) is 0 Å². The zero-order valence-corrected chi connectivity index (χ0v) is 12.2. The molecule has 0 aliphatic rings. The van der Waals surface area contributed by atoms with Crippen LogP contribution >= 0.6 is 0 Å². The molecule has 0 aliphatic carbocycles. The SMILES string of the molecule is C=C(c1ccccc1)[Si](C)(C)O[SiH](C)C. The topological polar surface area (TPSA) is 9.23 Å². The van der Waals surface area contributed by atoms with Crippen LogP contribution < -0.4 is 0 Å². The van der Waals surface area contributed by atoms with E-state index >= 15 is 0 Å². The summed E-state index contributed by atoms with van der Waals surface area (Å²) in [6, 6.07) is 10.4. The summed E-state index contributed by atoms with van der Waals surface area (Å²) in [6.45, 7) is 13.1. The van der Waals surface area contributed by atoms with Gasteiger partial charge in [-0.05, 0) is 36.9 Å². The van der Waals surface area contributed by atoms with Gasteiger partial charge in [0, 0.05) is 0 Å². The van der Waals surface area contributed by atoms with E-state index in [9.17, 15) is 0 Å². The van der Waals surface area contributed by atoms with Gasteiger partial charge in [-0.25, -0.2) is 0 Å².